The van der Waals surface area contributed by atoms with Crippen molar-refractivity contribution in [3.63, 3.8) is 0 Å². The number of carbonyl (C=O) groups is 1. The minimum atomic E-state index is -0.249. The second-order valence-electron chi connectivity index (χ2n) is 6.03. The van der Waals surface area contributed by atoms with Gasteiger partial charge in [-0.2, -0.15) is 0 Å². The summed E-state index contributed by atoms with van der Waals surface area (Å²) in [6.07, 6.45) is 0.773. The van der Waals surface area contributed by atoms with E-state index < -0.39 is 0 Å². The third kappa shape index (κ3) is 5.43. The summed E-state index contributed by atoms with van der Waals surface area (Å²) in [5.41, 5.74) is 2.08. The van der Waals surface area contributed by atoms with Gasteiger partial charge in [0.25, 0.3) is 0 Å². The van der Waals surface area contributed by atoms with Crippen LogP contribution in [0.2, 0.25) is 0 Å². The van der Waals surface area contributed by atoms with Gasteiger partial charge in [-0.3, -0.25) is 4.79 Å². The Kier molecular flexibility index (Phi) is 7.24. The highest BCUT2D eigenvalue weighted by atomic mass is 32.2. The van der Waals surface area contributed by atoms with E-state index in [4.69, 9.17) is 17.0 Å². The van der Waals surface area contributed by atoms with Crippen LogP contribution in [0.5, 0.6) is 5.75 Å². The van der Waals surface area contributed by atoms with Gasteiger partial charge in [-0.1, -0.05) is 53.4 Å². The average molecular weight is 432 g/mol. The van der Waals surface area contributed by atoms with Crippen molar-refractivity contribution in [2.24, 2.45) is 0 Å². The second-order valence-corrected chi connectivity index (χ2v) is 9.24. The number of methoxy groups -OCH3 is 1. The Balaban J connectivity index is 1.52. The molecule has 1 unspecified atom stereocenters. The Morgan fingerprint density at radius 2 is 1.96 bits per heavy atom. The molecule has 0 aliphatic carbocycles. The molecule has 146 valence electrons. The van der Waals surface area contributed by atoms with Gasteiger partial charge >= 0.3 is 0 Å². The first kappa shape index (κ1) is 20.6. The smallest absolute Gasteiger partial charge is 0.233 e. The van der Waals surface area contributed by atoms with Gasteiger partial charge in [0.05, 0.1) is 18.0 Å². The molecule has 0 fully saturated rings. The number of para-hydroxylation sites is 1. The van der Waals surface area contributed by atoms with Crippen LogP contribution in [0.1, 0.15) is 12.5 Å². The molecule has 1 aromatic heterocycles. The van der Waals surface area contributed by atoms with Crippen LogP contribution < -0.4 is 10.1 Å². The van der Waals surface area contributed by atoms with Crippen LogP contribution in [-0.2, 0) is 11.2 Å². The molecule has 0 bridgehead atoms. The van der Waals surface area contributed by atoms with Gasteiger partial charge in [0.15, 0.2) is 8.29 Å². The summed E-state index contributed by atoms with van der Waals surface area (Å²) < 4.78 is 8.34. The number of hydrogen-bond donors (Lipinski definition) is 1. The third-order valence-electron chi connectivity index (χ3n) is 4.05. The summed E-state index contributed by atoms with van der Waals surface area (Å²) in [7, 11) is 1.65. The van der Waals surface area contributed by atoms with Crippen molar-refractivity contribution in [3.8, 4) is 11.4 Å². The van der Waals surface area contributed by atoms with Gasteiger partial charge in [-0.25, -0.2) is 4.68 Å². The van der Waals surface area contributed by atoms with E-state index in [-0.39, 0.29) is 11.2 Å². The lowest BCUT2D eigenvalue weighted by atomic mass is 10.1. The van der Waals surface area contributed by atoms with Crippen LogP contribution in [0, 0.1) is 3.95 Å². The number of nitrogens with one attached hydrogen (secondary N) is 1. The number of rotatable bonds is 8. The van der Waals surface area contributed by atoms with Gasteiger partial charge in [0.2, 0.25) is 5.91 Å². The molecule has 2 aromatic carbocycles. The van der Waals surface area contributed by atoms with Gasteiger partial charge in [0, 0.05) is 6.54 Å². The first-order valence-electron chi connectivity index (χ1n) is 8.79. The van der Waals surface area contributed by atoms with E-state index in [0.29, 0.717) is 10.5 Å². The summed E-state index contributed by atoms with van der Waals surface area (Å²) in [6.45, 7) is 2.47. The fraction of sp³-hybridized carbons (Fsp3) is 0.250. The van der Waals surface area contributed by atoms with Crippen LogP contribution in [0.4, 0.5) is 0 Å². The molecule has 0 aliphatic rings. The van der Waals surface area contributed by atoms with Gasteiger partial charge in [-0.15, -0.1) is 5.10 Å². The van der Waals surface area contributed by atoms with E-state index in [1.54, 1.807) is 11.8 Å². The Morgan fingerprint density at radius 1 is 1.25 bits per heavy atom. The molecule has 1 amide bonds. The lowest BCUT2D eigenvalue weighted by molar-refractivity contribution is -0.120. The largest absolute Gasteiger partial charge is 0.497 e. The van der Waals surface area contributed by atoms with Crippen LogP contribution >= 0.6 is 35.3 Å². The first-order valence-corrected chi connectivity index (χ1v) is 10.9. The standard InChI is InChI=1S/C20H21N3O2S3/c1-14(18(24)21-13-12-15-8-10-17(25-2)11-9-15)27-19-22-23(20(26)28-19)16-6-4-3-5-7-16/h3-11,14H,12-13H2,1-2H3,(H,21,24). The van der Waals surface area contributed by atoms with E-state index in [1.165, 1.54) is 23.1 Å². The summed E-state index contributed by atoms with van der Waals surface area (Å²) in [5.74, 6) is 0.820. The van der Waals surface area contributed by atoms with Crippen LogP contribution in [0.25, 0.3) is 5.69 Å². The number of thioether (sulfide) groups is 1. The highest BCUT2D eigenvalue weighted by Crippen LogP contribution is 2.27. The van der Waals surface area contributed by atoms with Gasteiger partial charge < -0.3 is 10.1 Å². The summed E-state index contributed by atoms with van der Waals surface area (Å²) >= 11 is 8.25. The molecule has 0 radical (unpaired) electrons. The van der Waals surface area contributed by atoms with Crippen LogP contribution in [0.3, 0.4) is 0 Å². The van der Waals surface area contributed by atoms with E-state index in [0.717, 1.165) is 27.8 Å². The number of hydrogen-bond acceptors (Lipinski definition) is 6. The molecule has 0 saturated heterocycles. The maximum absolute atomic E-state index is 12.4. The van der Waals surface area contributed by atoms with Gasteiger partial charge in [0.1, 0.15) is 5.75 Å². The molecule has 0 aliphatic heterocycles. The number of benzene rings is 2. The van der Waals surface area contributed by atoms with E-state index in [9.17, 15) is 4.79 Å². The number of carbonyl (C=O) groups excluding carboxylic acids is 1. The lowest BCUT2D eigenvalue weighted by Gasteiger charge is -2.10. The van der Waals surface area contributed by atoms with Crippen molar-refractivity contribution in [2.45, 2.75) is 22.9 Å². The first-order chi connectivity index (χ1) is 13.6. The SMILES string of the molecule is COc1ccc(CCNC(=O)C(C)Sc2nn(-c3ccccc3)c(=S)s2)cc1. The van der Waals surface area contributed by atoms with Crippen molar-refractivity contribution in [2.75, 3.05) is 13.7 Å². The summed E-state index contributed by atoms with van der Waals surface area (Å²) in [4.78, 5) is 12.4. The quantitative estimate of drug-likeness (QED) is 0.420. The highest BCUT2D eigenvalue weighted by Gasteiger charge is 2.17. The number of aromatic nitrogens is 2. The Labute approximate surface area is 177 Å². The second kappa shape index (κ2) is 9.86. The van der Waals surface area contributed by atoms with E-state index >= 15 is 0 Å². The molecule has 1 atom stereocenters. The number of ether oxygens (including phenoxy) is 1. The Hall–Kier alpha value is -2.16. The predicted molar refractivity (Wildman–Crippen MR) is 117 cm³/mol. The lowest BCUT2D eigenvalue weighted by Crippen LogP contribution is -2.32. The van der Waals surface area contributed by atoms with E-state index in [1.807, 2.05) is 61.5 Å². The van der Waals surface area contributed by atoms with Crippen molar-refractivity contribution < 1.29 is 9.53 Å². The number of nitrogens with zero attached hydrogens (tertiary/aromatic N) is 2. The molecule has 0 spiro atoms. The van der Waals surface area contributed by atoms with Crippen LogP contribution in [0.15, 0.2) is 58.9 Å². The third-order valence-corrected chi connectivity index (χ3v) is 6.47. The van der Waals surface area contributed by atoms with Crippen molar-refractivity contribution in [1.29, 1.82) is 0 Å². The molecule has 8 heteroatoms. The fourth-order valence-corrected chi connectivity index (χ4v) is 5.04. The molecule has 1 N–H and O–H groups in total. The van der Waals surface area contributed by atoms with Gasteiger partial charge in [-0.05, 0) is 55.4 Å². The zero-order chi connectivity index (χ0) is 19.9. The monoisotopic (exact) mass is 431 g/mol. The number of amides is 1. The predicted octanol–water partition coefficient (Wildman–Crippen LogP) is 4.51. The molecular formula is C20H21N3O2S3. The molecule has 3 rings (SSSR count). The molecule has 5 nitrogen and oxygen atoms in total. The topological polar surface area (TPSA) is 56.1 Å². The molecule has 3 aromatic rings. The molecule has 0 saturated carbocycles. The van der Waals surface area contributed by atoms with E-state index in [2.05, 4.69) is 10.4 Å². The molecule has 28 heavy (non-hydrogen) atoms. The zero-order valence-electron chi connectivity index (χ0n) is 15.6. The molecule has 1 heterocycles. The summed E-state index contributed by atoms with van der Waals surface area (Å²) in [5, 5.41) is 7.29. The minimum absolute atomic E-state index is 0.00843. The van der Waals surface area contributed by atoms with Crippen molar-refractivity contribution in [1.82, 2.24) is 15.1 Å². The normalized spacial score (nSPS) is 11.8. The minimum Gasteiger partial charge on any atom is -0.497 e. The highest BCUT2D eigenvalue weighted by molar-refractivity contribution is 8.02. The van der Waals surface area contributed by atoms with Crippen LogP contribution in [-0.4, -0.2) is 34.6 Å². The van der Waals surface area contributed by atoms with Crippen molar-refractivity contribution in [3.05, 3.63) is 64.1 Å². The zero-order valence-corrected chi connectivity index (χ0v) is 18.1. The Morgan fingerprint density at radius 3 is 2.64 bits per heavy atom. The maximum Gasteiger partial charge on any atom is 0.233 e. The maximum atomic E-state index is 12.4. The Bertz CT molecular complexity index is 968. The summed E-state index contributed by atoms with van der Waals surface area (Å²) in [6, 6.07) is 17.6. The molecular weight excluding hydrogens is 410 g/mol. The average Bonchev–Trinajstić information content (AvgIpc) is 3.09. The van der Waals surface area contributed by atoms with Crippen molar-refractivity contribution >= 4 is 41.2 Å². The fourth-order valence-electron chi connectivity index (χ4n) is 2.51.